The predicted octanol–water partition coefficient (Wildman–Crippen LogP) is 5.13. The van der Waals surface area contributed by atoms with E-state index < -0.39 is 17.4 Å². The summed E-state index contributed by atoms with van der Waals surface area (Å²) in [6.07, 6.45) is 1.80. The number of carboxylic acids is 1. The van der Waals surface area contributed by atoms with Crippen molar-refractivity contribution in [3.63, 3.8) is 0 Å². The predicted molar refractivity (Wildman–Crippen MR) is 110 cm³/mol. The third kappa shape index (κ3) is 2.87. The van der Waals surface area contributed by atoms with Crippen LogP contribution in [-0.2, 0) is 11.3 Å². The number of benzene rings is 2. The van der Waals surface area contributed by atoms with Gasteiger partial charge < -0.3 is 14.6 Å². The minimum atomic E-state index is -0.883. The Labute approximate surface area is 168 Å². The third-order valence-electron chi connectivity index (χ3n) is 5.24. The van der Waals surface area contributed by atoms with E-state index in [1.807, 2.05) is 57.2 Å². The summed E-state index contributed by atoms with van der Waals surface area (Å²) in [6.45, 7) is 6.17. The number of nitrogens with zero attached hydrogens (tertiary/aromatic N) is 2. The van der Waals surface area contributed by atoms with Crippen molar-refractivity contribution in [3.05, 3.63) is 64.8 Å². The van der Waals surface area contributed by atoms with Crippen molar-refractivity contribution in [2.45, 2.75) is 33.4 Å². The van der Waals surface area contributed by atoms with Gasteiger partial charge in [-0.05, 0) is 40.6 Å². The molecule has 2 aromatic carbocycles. The fourth-order valence-electron chi connectivity index (χ4n) is 3.96. The normalized spacial score (nSPS) is 15.1. The van der Waals surface area contributed by atoms with Crippen LogP contribution in [0.2, 0.25) is 5.02 Å². The van der Waals surface area contributed by atoms with E-state index in [2.05, 4.69) is 0 Å². The lowest BCUT2D eigenvalue weighted by molar-refractivity contribution is -0.144. The van der Waals surface area contributed by atoms with Gasteiger partial charge in [-0.3, -0.25) is 4.79 Å². The molecule has 28 heavy (non-hydrogen) atoms. The van der Waals surface area contributed by atoms with E-state index in [1.165, 1.54) is 0 Å². The van der Waals surface area contributed by atoms with Crippen molar-refractivity contribution in [1.82, 2.24) is 4.57 Å². The zero-order valence-corrected chi connectivity index (χ0v) is 16.7. The van der Waals surface area contributed by atoms with Crippen molar-refractivity contribution < 1.29 is 14.7 Å². The number of carbonyl (C=O) groups excluding carboxylic acids is 1. The van der Waals surface area contributed by atoms with Crippen LogP contribution in [0.4, 0.5) is 5.69 Å². The largest absolute Gasteiger partial charge is 0.480 e. The first-order chi connectivity index (χ1) is 13.2. The molecule has 0 saturated heterocycles. The summed E-state index contributed by atoms with van der Waals surface area (Å²) in [6, 6.07) is 12.3. The molecule has 5 nitrogen and oxygen atoms in total. The van der Waals surface area contributed by atoms with Crippen molar-refractivity contribution in [2.75, 3.05) is 4.90 Å². The topological polar surface area (TPSA) is 62.5 Å². The monoisotopic (exact) mass is 396 g/mol. The highest BCUT2D eigenvalue weighted by Crippen LogP contribution is 2.37. The zero-order valence-electron chi connectivity index (χ0n) is 15.9. The van der Waals surface area contributed by atoms with Gasteiger partial charge in [0.25, 0.3) is 5.91 Å². The lowest BCUT2D eigenvalue weighted by atomic mass is 9.86. The number of carboxylic acid groups (broad SMARTS) is 1. The molecule has 0 fully saturated rings. The first-order valence-corrected chi connectivity index (χ1v) is 9.49. The number of rotatable bonds is 3. The standard InChI is InChI=1S/C22H21ClN2O3/c1-22(2,3)19(21(27)28)24-10-9-13-7-8-15(11-17(13)24)25-12-14-5-4-6-16(23)18(14)20(25)26/h4-11,19H,12H2,1-3H3,(H,27,28). The highest BCUT2D eigenvalue weighted by molar-refractivity contribution is 6.35. The maximum atomic E-state index is 12.9. The molecular formula is C22H21ClN2O3. The molecule has 0 radical (unpaired) electrons. The summed E-state index contributed by atoms with van der Waals surface area (Å²) in [7, 11) is 0. The highest BCUT2D eigenvalue weighted by Gasteiger charge is 2.34. The lowest BCUT2D eigenvalue weighted by Gasteiger charge is -2.29. The fourth-order valence-corrected chi connectivity index (χ4v) is 4.24. The minimum Gasteiger partial charge on any atom is -0.480 e. The van der Waals surface area contributed by atoms with Crippen molar-refractivity contribution in [2.24, 2.45) is 5.41 Å². The Morgan fingerprint density at radius 3 is 2.57 bits per heavy atom. The summed E-state index contributed by atoms with van der Waals surface area (Å²) in [5.41, 5.74) is 2.47. The van der Waals surface area contributed by atoms with Gasteiger partial charge in [-0.25, -0.2) is 4.79 Å². The minimum absolute atomic E-state index is 0.135. The first-order valence-electron chi connectivity index (χ1n) is 9.11. The molecule has 0 aliphatic carbocycles. The summed E-state index contributed by atoms with van der Waals surface area (Å²) in [5.74, 6) is -1.02. The van der Waals surface area contributed by atoms with Gasteiger partial charge in [-0.2, -0.15) is 0 Å². The summed E-state index contributed by atoms with van der Waals surface area (Å²) < 4.78 is 1.78. The average Bonchev–Trinajstić information content (AvgIpc) is 3.15. The quantitative estimate of drug-likeness (QED) is 0.667. The zero-order chi connectivity index (χ0) is 20.2. The number of anilines is 1. The van der Waals surface area contributed by atoms with Crippen LogP contribution >= 0.6 is 11.6 Å². The Bertz CT molecular complexity index is 1110. The van der Waals surface area contributed by atoms with Crippen LogP contribution in [0.5, 0.6) is 0 Å². The van der Waals surface area contributed by atoms with E-state index in [-0.39, 0.29) is 5.91 Å². The van der Waals surface area contributed by atoms with Gasteiger partial charge in [0.15, 0.2) is 0 Å². The van der Waals surface area contributed by atoms with Crippen LogP contribution in [0.15, 0.2) is 48.7 Å². The van der Waals surface area contributed by atoms with Crippen LogP contribution in [0.3, 0.4) is 0 Å². The SMILES string of the molecule is CC(C)(C)C(C(=O)O)n1ccc2ccc(N3Cc4cccc(Cl)c4C3=O)cc21. The molecule has 4 rings (SSSR count). The number of hydrogen-bond acceptors (Lipinski definition) is 2. The smallest absolute Gasteiger partial charge is 0.327 e. The Morgan fingerprint density at radius 2 is 1.93 bits per heavy atom. The molecule has 0 bridgehead atoms. The number of carbonyl (C=O) groups is 2. The number of halogens is 1. The van der Waals surface area contributed by atoms with E-state index in [0.717, 1.165) is 22.2 Å². The van der Waals surface area contributed by atoms with E-state index >= 15 is 0 Å². The first kappa shape index (κ1) is 18.6. The van der Waals surface area contributed by atoms with E-state index in [4.69, 9.17) is 11.6 Å². The number of aliphatic carboxylic acids is 1. The van der Waals surface area contributed by atoms with Gasteiger partial charge in [0.05, 0.1) is 22.6 Å². The van der Waals surface area contributed by atoms with E-state index in [1.54, 1.807) is 21.7 Å². The third-order valence-corrected chi connectivity index (χ3v) is 5.55. The molecule has 2 heterocycles. The number of aromatic nitrogens is 1. The molecule has 1 aliphatic rings. The van der Waals surface area contributed by atoms with E-state index in [9.17, 15) is 14.7 Å². The highest BCUT2D eigenvalue weighted by atomic mass is 35.5. The summed E-state index contributed by atoms with van der Waals surface area (Å²) >= 11 is 6.23. The van der Waals surface area contributed by atoms with Gasteiger partial charge in [-0.1, -0.05) is 50.6 Å². The number of amides is 1. The Hall–Kier alpha value is -2.79. The van der Waals surface area contributed by atoms with Gasteiger partial charge >= 0.3 is 5.97 Å². The molecule has 1 unspecified atom stereocenters. The molecule has 1 N–H and O–H groups in total. The van der Waals surface area contributed by atoms with Crippen molar-refractivity contribution in [1.29, 1.82) is 0 Å². The fraction of sp³-hybridized carbons (Fsp3) is 0.273. The second kappa shape index (κ2) is 6.38. The summed E-state index contributed by atoms with van der Waals surface area (Å²) in [4.78, 5) is 26.6. The molecule has 1 aromatic heterocycles. The Morgan fingerprint density at radius 1 is 1.18 bits per heavy atom. The molecule has 1 atom stereocenters. The number of hydrogen-bond donors (Lipinski definition) is 1. The van der Waals surface area contributed by atoms with Gasteiger partial charge in [0.2, 0.25) is 0 Å². The Kier molecular flexibility index (Phi) is 4.23. The van der Waals surface area contributed by atoms with Crippen molar-refractivity contribution in [3.8, 4) is 0 Å². The van der Waals surface area contributed by atoms with Crippen LogP contribution < -0.4 is 4.90 Å². The second-order valence-electron chi connectivity index (χ2n) is 8.24. The maximum absolute atomic E-state index is 12.9. The molecule has 0 spiro atoms. The number of fused-ring (bicyclic) bond motifs is 2. The van der Waals surface area contributed by atoms with Crippen molar-refractivity contribution >= 4 is 40.1 Å². The van der Waals surface area contributed by atoms with Crippen LogP contribution in [0, 0.1) is 5.41 Å². The Balaban J connectivity index is 1.80. The van der Waals surface area contributed by atoms with Crippen LogP contribution in [0.1, 0.15) is 42.7 Å². The molecular weight excluding hydrogens is 376 g/mol. The lowest BCUT2D eigenvalue weighted by Crippen LogP contribution is -2.31. The van der Waals surface area contributed by atoms with Crippen LogP contribution in [0.25, 0.3) is 10.9 Å². The molecule has 144 valence electrons. The van der Waals surface area contributed by atoms with Gasteiger partial charge in [0.1, 0.15) is 6.04 Å². The molecule has 3 aromatic rings. The molecule has 0 saturated carbocycles. The summed E-state index contributed by atoms with van der Waals surface area (Å²) in [5, 5.41) is 11.2. The van der Waals surface area contributed by atoms with Crippen LogP contribution in [-0.4, -0.2) is 21.6 Å². The molecule has 1 amide bonds. The van der Waals surface area contributed by atoms with E-state index in [0.29, 0.717) is 17.1 Å². The van der Waals surface area contributed by atoms with Gasteiger partial charge in [-0.15, -0.1) is 0 Å². The maximum Gasteiger partial charge on any atom is 0.327 e. The average molecular weight is 397 g/mol. The molecule has 6 heteroatoms. The second-order valence-corrected chi connectivity index (χ2v) is 8.65. The van der Waals surface area contributed by atoms with Gasteiger partial charge in [0, 0.05) is 11.9 Å². The molecule has 1 aliphatic heterocycles.